The second kappa shape index (κ2) is 7.83. The van der Waals surface area contributed by atoms with E-state index in [9.17, 15) is 4.39 Å². The molecule has 0 aliphatic heterocycles. The summed E-state index contributed by atoms with van der Waals surface area (Å²) < 4.78 is 18.7. The Bertz CT molecular complexity index is 881. The molecule has 0 bridgehead atoms. The van der Waals surface area contributed by atoms with E-state index in [2.05, 4.69) is 18.0 Å². The van der Waals surface area contributed by atoms with Crippen molar-refractivity contribution >= 4 is 22.4 Å². The van der Waals surface area contributed by atoms with E-state index in [0.717, 1.165) is 41.2 Å². The first kappa shape index (κ1) is 17.7. The van der Waals surface area contributed by atoms with Crippen molar-refractivity contribution in [1.29, 1.82) is 0 Å². The lowest BCUT2D eigenvalue weighted by Crippen LogP contribution is -2.04. The number of halogens is 2. The number of hydrogen-bond acceptors (Lipinski definition) is 2. The molecule has 0 N–H and O–H groups in total. The molecule has 1 heterocycles. The summed E-state index contributed by atoms with van der Waals surface area (Å²) in [6.07, 6.45) is 4.49. The van der Waals surface area contributed by atoms with Gasteiger partial charge in [0.2, 0.25) is 5.88 Å². The third-order valence-electron chi connectivity index (χ3n) is 4.46. The molecule has 4 heteroatoms. The van der Waals surface area contributed by atoms with E-state index in [0.29, 0.717) is 5.88 Å². The normalized spacial score (nSPS) is 11.2. The topological polar surface area (TPSA) is 22.1 Å². The van der Waals surface area contributed by atoms with E-state index in [1.165, 1.54) is 12.0 Å². The fourth-order valence-electron chi connectivity index (χ4n) is 3.10. The summed E-state index contributed by atoms with van der Waals surface area (Å²) in [5.74, 6) is 1.57. The highest BCUT2D eigenvalue weighted by Gasteiger charge is 2.16. The molecule has 0 aliphatic rings. The number of aromatic nitrogens is 1. The molecule has 1 aromatic heterocycles. The Morgan fingerprint density at radius 1 is 1.16 bits per heavy atom. The van der Waals surface area contributed by atoms with Crippen LogP contribution in [0.1, 0.15) is 30.9 Å². The molecular weight excluding hydrogens is 337 g/mol. The van der Waals surface area contributed by atoms with Crippen LogP contribution in [0.4, 0.5) is 4.39 Å². The lowest BCUT2D eigenvalue weighted by Gasteiger charge is -2.18. The first-order valence-corrected chi connectivity index (χ1v) is 8.72. The molecule has 0 aliphatic carbocycles. The Hall–Kier alpha value is -2.13. The van der Waals surface area contributed by atoms with Crippen molar-refractivity contribution in [3.05, 3.63) is 76.5 Å². The minimum absolute atomic E-state index is 0.173. The molecule has 0 atom stereocenters. The summed E-state index contributed by atoms with van der Waals surface area (Å²) in [7, 11) is 1.64. The number of rotatable bonds is 6. The van der Waals surface area contributed by atoms with Crippen LogP contribution >= 0.6 is 11.6 Å². The minimum atomic E-state index is -0.379. The van der Waals surface area contributed by atoms with Gasteiger partial charge in [0.25, 0.3) is 0 Å². The summed E-state index contributed by atoms with van der Waals surface area (Å²) in [6.45, 7) is 2.14. The Labute approximate surface area is 152 Å². The quantitative estimate of drug-likeness (QED) is 0.540. The number of pyridine rings is 1. The first-order chi connectivity index (χ1) is 12.1. The second-order valence-electron chi connectivity index (χ2n) is 5.93. The number of ether oxygens (including phenoxy) is 1. The van der Waals surface area contributed by atoms with Gasteiger partial charge in [0.15, 0.2) is 0 Å². The van der Waals surface area contributed by atoms with Gasteiger partial charge in [-0.15, -0.1) is 0 Å². The van der Waals surface area contributed by atoms with Crippen molar-refractivity contribution in [2.75, 3.05) is 7.11 Å². The molecule has 3 aromatic rings. The molecule has 1 radical (unpaired) electrons. The highest BCUT2D eigenvalue weighted by Crippen LogP contribution is 2.33. The maximum absolute atomic E-state index is 13.3. The van der Waals surface area contributed by atoms with E-state index in [-0.39, 0.29) is 10.8 Å². The molecule has 0 amide bonds. The predicted molar refractivity (Wildman–Crippen MR) is 101 cm³/mol. The monoisotopic (exact) mass is 356 g/mol. The van der Waals surface area contributed by atoms with Crippen molar-refractivity contribution in [1.82, 2.24) is 4.98 Å². The van der Waals surface area contributed by atoms with Gasteiger partial charge in [-0.1, -0.05) is 42.8 Å². The number of hydrogen-bond donors (Lipinski definition) is 0. The van der Waals surface area contributed by atoms with Gasteiger partial charge in [-0.3, -0.25) is 0 Å². The maximum Gasteiger partial charge on any atom is 0.221 e. The Morgan fingerprint density at radius 2 is 1.92 bits per heavy atom. The zero-order chi connectivity index (χ0) is 17.8. The fourth-order valence-corrected chi connectivity index (χ4v) is 3.31. The molecule has 0 saturated heterocycles. The van der Waals surface area contributed by atoms with Crippen molar-refractivity contribution in [3.63, 3.8) is 0 Å². The molecule has 0 saturated carbocycles. The molecule has 3 rings (SSSR count). The number of methoxy groups -OCH3 is 1. The third-order valence-corrected chi connectivity index (χ3v) is 4.75. The van der Waals surface area contributed by atoms with Gasteiger partial charge in [0.05, 0.1) is 12.1 Å². The van der Waals surface area contributed by atoms with Gasteiger partial charge < -0.3 is 4.74 Å². The molecule has 2 aromatic carbocycles. The van der Waals surface area contributed by atoms with Gasteiger partial charge in [0.1, 0.15) is 5.82 Å². The van der Waals surface area contributed by atoms with Crippen LogP contribution in [0.5, 0.6) is 5.88 Å². The highest BCUT2D eigenvalue weighted by atomic mass is 35.5. The zero-order valence-corrected chi connectivity index (χ0v) is 15.1. The summed E-state index contributed by atoms with van der Waals surface area (Å²) >= 11 is 5.89. The lowest BCUT2D eigenvalue weighted by molar-refractivity contribution is 0.403. The van der Waals surface area contributed by atoms with Crippen LogP contribution in [-0.2, 0) is 6.42 Å². The average molecular weight is 357 g/mol. The van der Waals surface area contributed by atoms with E-state index < -0.39 is 0 Å². The summed E-state index contributed by atoms with van der Waals surface area (Å²) in [5.41, 5.74) is 2.18. The number of aryl methyl sites for hydroxylation is 1. The van der Waals surface area contributed by atoms with Crippen LogP contribution < -0.4 is 4.74 Å². The Kier molecular flexibility index (Phi) is 5.54. The molecule has 0 spiro atoms. The number of fused-ring (bicyclic) bond motifs is 1. The predicted octanol–water partition coefficient (Wildman–Crippen LogP) is 6.00. The highest BCUT2D eigenvalue weighted by molar-refractivity contribution is 6.30. The van der Waals surface area contributed by atoms with Crippen LogP contribution in [0.2, 0.25) is 5.02 Å². The molecular formula is C21H20ClFNO. The van der Waals surface area contributed by atoms with Gasteiger partial charge in [0, 0.05) is 17.5 Å². The van der Waals surface area contributed by atoms with Crippen LogP contribution in [0, 0.1) is 11.7 Å². The summed E-state index contributed by atoms with van der Waals surface area (Å²) in [5, 5.41) is 2.33. The third kappa shape index (κ3) is 3.77. The van der Waals surface area contributed by atoms with Crippen molar-refractivity contribution in [2.24, 2.45) is 0 Å². The summed E-state index contributed by atoms with van der Waals surface area (Å²) in [6, 6.07) is 13.1. The van der Waals surface area contributed by atoms with Crippen LogP contribution in [0.15, 0.2) is 48.7 Å². The standard InChI is InChI=1S/C21H20ClFNO/c1-3-15(10-8-14-9-11-20(23)19(22)12-14)18-13-24-21(25-2)17-7-5-4-6-16(17)18/h4-7,9,11-13H,3,8,10H2,1-2H3. The fraction of sp³-hybridized carbons (Fsp3) is 0.238. The van der Waals surface area contributed by atoms with Gasteiger partial charge in [-0.25, -0.2) is 9.37 Å². The van der Waals surface area contributed by atoms with Crippen molar-refractivity contribution < 1.29 is 9.13 Å². The van der Waals surface area contributed by atoms with E-state index in [1.54, 1.807) is 19.2 Å². The molecule has 0 fully saturated rings. The first-order valence-electron chi connectivity index (χ1n) is 8.34. The van der Waals surface area contributed by atoms with Gasteiger partial charge in [-0.2, -0.15) is 0 Å². The van der Waals surface area contributed by atoms with Crippen LogP contribution in [0.3, 0.4) is 0 Å². The van der Waals surface area contributed by atoms with Crippen molar-refractivity contribution in [3.8, 4) is 5.88 Å². The summed E-state index contributed by atoms with van der Waals surface area (Å²) in [4.78, 5) is 4.46. The van der Waals surface area contributed by atoms with Crippen LogP contribution in [0.25, 0.3) is 10.8 Å². The van der Waals surface area contributed by atoms with E-state index >= 15 is 0 Å². The molecule has 25 heavy (non-hydrogen) atoms. The molecule has 0 unspecified atom stereocenters. The number of nitrogens with zero attached hydrogens (tertiary/aromatic N) is 1. The van der Waals surface area contributed by atoms with Gasteiger partial charge in [-0.05, 0) is 54.0 Å². The number of benzene rings is 2. The second-order valence-corrected chi connectivity index (χ2v) is 6.34. The smallest absolute Gasteiger partial charge is 0.221 e. The van der Waals surface area contributed by atoms with Gasteiger partial charge >= 0.3 is 0 Å². The van der Waals surface area contributed by atoms with Crippen molar-refractivity contribution in [2.45, 2.75) is 26.2 Å². The SMILES string of the molecule is CC[C](CCc1ccc(F)c(Cl)c1)c1cnc(OC)c2ccccc12. The Balaban J connectivity index is 1.88. The van der Waals surface area contributed by atoms with E-state index in [4.69, 9.17) is 16.3 Å². The molecule has 2 nitrogen and oxygen atoms in total. The Morgan fingerprint density at radius 3 is 2.60 bits per heavy atom. The zero-order valence-electron chi connectivity index (χ0n) is 14.4. The average Bonchev–Trinajstić information content (AvgIpc) is 2.65. The minimum Gasteiger partial charge on any atom is -0.481 e. The lowest BCUT2D eigenvalue weighted by atomic mass is 9.88. The van der Waals surface area contributed by atoms with Crippen LogP contribution in [-0.4, -0.2) is 12.1 Å². The van der Waals surface area contributed by atoms with E-state index in [1.807, 2.05) is 24.4 Å². The largest absolute Gasteiger partial charge is 0.481 e. The molecule has 129 valence electrons. The maximum atomic E-state index is 13.3.